The molecule has 0 saturated heterocycles. The van der Waals surface area contributed by atoms with Crippen LogP contribution in [0.4, 0.5) is 0 Å². The lowest BCUT2D eigenvalue weighted by Crippen LogP contribution is -2.01. The molecule has 0 bridgehead atoms. The molecule has 0 aliphatic rings. The Bertz CT molecular complexity index is 433. The van der Waals surface area contributed by atoms with Crippen molar-refractivity contribution < 1.29 is 0 Å². The van der Waals surface area contributed by atoms with Gasteiger partial charge >= 0.3 is 0 Å². The van der Waals surface area contributed by atoms with E-state index < -0.39 is 0 Å². The van der Waals surface area contributed by atoms with Crippen LogP contribution in [-0.2, 0) is 0 Å². The van der Waals surface area contributed by atoms with Crippen molar-refractivity contribution in [3.05, 3.63) is 41.1 Å². The Balaban J connectivity index is 2.94. The van der Waals surface area contributed by atoms with Crippen LogP contribution in [0.3, 0.4) is 0 Å². The summed E-state index contributed by atoms with van der Waals surface area (Å²) in [6.45, 7) is 0. The topological polar surface area (TPSA) is 45.8 Å². The molecule has 2 aromatic rings. The first kappa shape index (κ1) is 6.09. The molecule has 0 aromatic carbocycles. The Morgan fingerprint density at radius 3 is 3.18 bits per heavy atom. The summed E-state index contributed by atoms with van der Waals surface area (Å²) in [4.78, 5) is 17.3. The number of fused-ring (bicyclic) bond motifs is 1. The van der Waals surface area contributed by atoms with Gasteiger partial charge in [0, 0.05) is 30.0 Å². The highest BCUT2D eigenvalue weighted by Crippen LogP contribution is 2.05. The van der Waals surface area contributed by atoms with E-state index in [1.807, 2.05) is 6.07 Å². The van der Waals surface area contributed by atoms with E-state index in [0.29, 0.717) is 0 Å². The molecule has 0 amide bonds. The smallest absolute Gasteiger partial charge is 0.248 e. The molecule has 0 saturated carbocycles. The number of aromatic nitrogens is 2. The fourth-order valence-electron chi connectivity index (χ4n) is 1.00. The van der Waals surface area contributed by atoms with Crippen molar-refractivity contribution >= 4 is 10.8 Å². The van der Waals surface area contributed by atoms with Gasteiger partial charge in [-0.2, -0.15) is 0 Å². The number of nitrogens with zero attached hydrogens (tertiary/aromatic N) is 1. The molecule has 0 atom stereocenters. The zero-order valence-corrected chi connectivity index (χ0v) is 5.74. The van der Waals surface area contributed by atoms with Crippen LogP contribution in [0, 0.1) is 0 Å². The average molecular weight is 146 g/mol. The van der Waals surface area contributed by atoms with Crippen molar-refractivity contribution in [2.75, 3.05) is 0 Å². The van der Waals surface area contributed by atoms with Crippen molar-refractivity contribution in [3.63, 3.8) is 0 Å². The largest absolute Gasteiger partial charge is 0.328 e. The monoisotopic (exact) mass is 146 g/mol. The van der Waals surface area contributed by atoms with Crippen molar-refractivity contribution in [1.82, 2.24) is 9.97 Å². The summed E-state index contributed by atoms with van der Waals surface area (Å²) in [6.07, 6.45) is 5.04. The lowest BCUT2D eigenvalue weighted by atomic mass is 10.2. The third kappa shape index (κ3) is 1.00. The predicted molar refractivity (Wildman–Crippen MR) is 42.4 cm³/mol. The van der Waals surface area contributed by atoms with E-state index in [2.05, 4.69) is 9.97 Å². The first-order valence-corrected chi connectivity index (χ1v) is 3.29. The zero-order valence-electron chi connectivity index (χ0n) is 5.74. The molecule has 2 aromatic heterocycles. The van der Waals surface area contributed by atoms with E-state index in [4.69, 9.17) is 0 Å². The summed E-state index contributed by atoms with van der Waals surface area (Å²) in [6, 6.07) is 3.36. The molecule has 2 heterocycles. The van der Waals surface area contributed by atoms with E-state index >= 15 is 0 Å². The molecule has 0 fully saturated rings. The summed E-state index contributed by atoms with van der Waals surface area (Å²) in [5.74, 6) is 0. The number of hydrogen-bond donors (Lipinski definition) is 1. The van der Waals surface area contributed by atoms with Crippen LogP contribution in [0.1, 0.15) is 0 Å². The molecule has 54 valence electrons. The Labute approximate surface area is 62.7 Å². The van der Waals surface area contributed by atoms with E-state index in [0.717, 1.165) is 10.8 Å². The van der Waals surface area contributed by atoms with Gasteiger partial charge in [-0.25, -0.2) is 0 Å². The van der Waals surface area contributed by atoms with Crippen LogP contribution >= 0.6 is 0 Å². The average Bonchev–Trinajstić information content (AvgIpc) is 2.04. The molecule has 0 spiro atoms. The lowest BCUT2D eigenvalue weighted by Gasteiger charge is -1.91. The molecule has 2 rings (SSSR count). The zero-order chi connectivity index (χ0) is 7.68. The van der Waals surface area contributed by atoms with Crippen LogP contribution in [0.2, 0.25) is 0 Å². The Kier molecular flexibility index (Phi) is 1.22. The van der Waals surface area contributed by atoms with Gasteiger partial charge in [0.05, 0.1) is 0 Å². The van der Waals surface area contributed by atoms with Gasteiger partial charge in [0.25, 0.3) is 0 Å². The molecule has 0 aliphatic carbocycles. The second-order valence-electron chi connectivity index (χ2n) is 2.30. The Morgan fingerprint density at radius 2 is 2.27 bits per heavy atom. The number of aromatic amines is 1. The summed E-state index contributed by atoms with van der Waals surface area (Å²) >= 11 is 0. The maximum absolute atomic E-state index is 10.8. The first-order valence-electron chi connectivity index (χ1n) is 3.29. The van der Waals surface area contributed by atoms with Crippen molar-refractivity contribution in [2.45, 2.75) is 0 Å². The molecule has 0 radical (unpaired) electrons. The predicted octanol–water partition coefficient (Wildman–Crippen LogP) is 0.923. The molecule has 3 nitrogen and oxygen atoms in total. The van der Waals surface area contributed by atoms with E-state index in [-0.39, 0.29) is 5.56 Å². The molecule has 0 aliphatic heterocycles. The van der Waals surface area contributed by atoms with Gasteiger partial charge < -0.3 is 4.98 Å². The Morgan fingerprint density at radius 1 is 1.36 bits per heavy atom. The number of rotatable bonds is 0. The van der Waals surface area contributed by atoms with Gasteiger partial charge in [0.1, 0.15) is 0 Å². The molecule has 0 unspecified atom stereocenters. The maximum Gasteiger partial charge on any atom is 0.248 e. The SMILES string of the molecule is O=c1cc2ccncc2c[nH]1. The highest BCUT2D eigenvalue weighted by Gasteiger charge is 1.90. The van der Waals surface area contributed by atoms with E-state index in [1.54, 1.807) is 24.7 Å². The van der Waals surface area contributed by atoms with Crippen LogP contribution in [0.5, 0.6) is 0 Å². The Hall–Kier alpha value is -1.64. The van der Waals surface area contributed by atoms with Crippen LogP contribution in [-0.4, -0.2) is 9.97 Å². The quantitative estimate of drug-likeness (QED) is 0.600. The molecule has 3 heteroatoms. The fourth-order valence-corrected chi connectivity index (χ4v) is 1.00. The third-order valence-electron chi connectivity index (χ3n) is 1.54. The standard InChI is InChI=1S/C8H6N2O/c11-8-3-6-1-2-9-4-7(6)5-10-8/h1-5H,(H,10,11). The third-order valence-corrected chi connectivity index (χ3v) is 1.54. The molecular formula is C8H6N2O. The number of hydrogen-bond acceptors (Lipinski definition) is 2. The van der Waals surface area contributed by atoms with E-state index in [1.165, 1.54) is 0 Å². The highest BCUT2D eigenvalue weighted by atomic mass is 16.1. The van der Waals surface area contributed by atoms with Crippen LogP contribution in [0.15, 0.2) is 35.5 Å². The molecular weight excluding hydrogens is 140 g/mol. The summed E-state index contributed by atoms with van der Waals surface area (Å²) in [7, 11) is 0. The van der Waals surface area contributed by atoms with Crippen molar-refractivity contribution in [1.29, 1.82) is 0 Å². The van der Waals surface area contributed by atoms with Gasteiger partial charge in [0.15, 0.2) is 0 Å². The van der Waals surface area contributed by atoms with Gasteiger partial charge in [0.2, 0.25) is 5.56 Å². The highest BCUT2D eigenvalue weighted by molar-refractivity contribution is 5.79. The molecule has 1 N–H and O–H groups in total. The van der Waals surface area contributed by atoms with Gasteiger partial charge in [-0.1, -0.05) is 0 Å². The van der Waals surface area contributed by atoms with E-state index in [9.17, 15) is 4.79 Å². The molecule has 11 heavy (non-hydrogen) atoms. The minimum atomic E-state index is -0.0799. The summed E-state index contributed by atoms with van der Waals surface area (Å²) in [5, 5.41) is 1.87. The minimum absolute atomic E-state index is 0.0799. The van der Waals surface area contributed by atoms with Crippen molar-refractivity contribution in [3.8, 4) is 0 Å². The number of nitrogens with one attached hydrogen (secondary N) is 1. The minimum Gasteiger partial charge on any atom is -0.328 e. The second kappa shape index (κ2) is 2.20. The second-order valence-corrected chi connectivity index (χ2v) is 2.30. The fraction of sp³-hybridized carbons (Fsp3) is 0. The lowest BCUT2D eigenvalue weighted by molar-refractivity contribution is 1.25. The number of pyridine rings is 2. The van der Waals surface area contributed by atoms with Gasteiger partial charge in [-0.15, -0.1) is 0 Å². The van der Waals surface area contributed by atoms with Gasteiger partial charge in [-0.05, 0) is 11.5 Å². The normalized spacial score (nSPS) is 10.2. The van der Waals surface area contributed by atoms with Crippen LogP contribution in [0.25, 0.3) is 10.8 Å². The van der Waals surface area contributed by atoms with Crippen molar-refractivity contribution in [2.24, 2.45) is 0 Å². The maximum atomic E-state index is 10.8. The summed E-state index contributed by atoms with van der Waals surface area (Å²) < 4.78 is 0. The summed E-state index contributed by atoms with van der Waals surface area (Å²) in [5.41, 5.74) is -0.0799. The van der Waals surface area contributed by atoms with Crippen LogP contribution < -0.4 is 5.56 Å². The first-order chi connectivity index (χ1) is 5.36. The van der Waals surface area contributed by atoms with Gasteiger partial charge in [-0.3, -0.25) is 9.78 Å². The number of H-pyrrole nitrogens is 1.